The topological polar surface area (TPSA) is 96.4 Å². The Kier molecular flexibility index (Phi) is 6.09. The maximum atomic E-state index is 12.4. The Bertz CT molecular complexity index is 1340. The number of carboxylic acid groups (broad SMARTS) is 1. The van der Waals surface area contributed by atoms with Crippen molar-refractivity contribution in [3.8, 4) is 11.1 Å². The third-order valence-corrected chi connectivity index (χ3v) is 6.03. The SMILES string of the molecule is CC(=O)c1cccc(-c2ccc3nc(CC(=O)NCc4cccc(C(=O)O)c4)sc3c2)c1. The zero-order valence-corrected chi connectivity index (χ0v) is 18.1. The van der Waals surface area contributed by atoms with Crippen molar-refractivity contribution in [3.05, 3.63) is 88.4 Å². The molecule has 1 aromatic heterocycles. The van der Waals surface area contributed by atoms with E-state index >= 15 is 0 Å². The van der Waals surface area contributed by atoms with Gasteiger partial charge in [0.2, 0.25) is 5.91 Å². The molecule has 2 N–H and O–H groups in total. The Hall–Kier alpha value is -3.84. The third kappa shape index (κ3) is 4.90. The Morgan fingerprint density at radius 1 is 0.938 bits per heavy atom. The van der Waals surface area contributed by atoms with Crippen LogP contribution in [0, 0.1) is 0 Å². The maximum Gasteiger partial charge on any atom is 0.335 e. The molecule has 7 heteroatoms. The number of hydrogen-bond donors (Lipinski definition) is 2. The standard InChI is InChI=1S/C25H20N2O4S/c1-15(28)17-5-3-6-18(11-17)19-8-9-21-22(12-19)32-24(27-21)13-23(29)26-14-16-4-2-7-20(10-16)25(30)31/h2-12H,13-14H2,1H3,(H,26,29)(H,30,31). The van der Waals surface area contributed by atoms with Gasteiger partial charge in [-0.3, -0.25) is 9.59 Å². The molecule has 1 amide bonds. The summed E-state index contributed by atoms with van der Waals surface area (Å²) in [6, 6.07) is 19.9. The van der Waals surface area contributed by atoms with Crippen molar-refractivity contribution in [2.75, 3.05) is 0 Å². The van der Waals surface area contributed by atoms with Crippen molar-refractivity contribution in [1.29, 1.82) is 0 Å². The highest BCUT2D eigenvalue weighted by atomic mass is 32.1. The highest BCUT2D eigenvalue weighted by Gasteiger charge is 2.11. The molecule has 0 aliphatic rings. The van der Waals surface area contributed by atoms with E-state index in [4.69, 9.17) is 5.11 Å². The number of ketones is 1. The fraction of sp³-hybridized carbons (Fsp3) is 0.120. The van der Waals surface area contributed by atoms with Crippen LogP contribution in [0.1, 0.15) is 38.2 Å². The number of nitrogens with zero attached hydrogens (tertiary/aromatic N) is 1. The van der Waals surface area contributed by atoms with Crippen molar-refractivity contribution >= 4 is 39.2 Å². The monoisotopic (exact) mass is 444 g/mol. The summed E-state index contributed by atoms with van der Waals surface area (Å²) >= 11 is 1.46. The van der Waals surface area contributed by atoms with E-state index in [-0.39, 0.29) is 30.2 Å². The van der Waals surface area contributed by atoms with Crippen LogP contribution >= 0.6 is 11.3 Å². The van der Waals surface area contributed by atoms with Gasteiger partial charge in [0, 0.05) is 12.1 Å². The molecule has 32 heavy (non-hydrogen) atoms. The minimum Gasteiger partial charge on any atom is -0.478 e. The van der Waals surface area contributed by atoms with Gasteiger partial charge in [-0.15, -0.1) is 11.3 Å². The van der Waals surface area contributed by atoms with E-state index in [2.05, 4.69) is 10.3 Å². The molecule has 4 aromatic rings. The molecule has 0 saturated heterocycles. The third-order valence-electron chi connectivity index (χ3n) is 5.01. The number of benzene rings is 3. The normalized spacial score (nSPS) is 10.8. The number of thiazole rings is 1. The largest absolute Gasteiger partial charge is 0.478 e. The second-order valence-electron chi connectivity index (χ2n) is 7.39. The molecule has 0 aliphatic heterocycles. The van der Waals surface area contributed by atoms with E-state index in [0.29, 0.717) is 10.6 Å². The van der Waals surface area contributed by atoms with E-state index in [1.807, 2.05) is 36.4 Å². The van der Waals surface area contributed by atoms with Gasteiger partial charge in [0.25, 0.3) is 0 Å². The average Bonchev–Trinajstić information content (AvgIpc) is 3.19. The van der Waals surface area contributed by atoms with Gasteiger partial charge in [-0.25, -0.2) is 9.78 Å². The van der Waals surface area contributed by atoms with Crippen molar-refractivity contribution < 1.29 is 19.5 Å². The number of carbonyl (C=O) groups excluding carboxylic acids is 2. The van der Waals surface area contributed by atoms with Crippen LogP contribution in [-0.4, -0.2) is 27.8 Å². The first kappa shape index (κ1) is 21.4. The van der Waals surface area contributed by atoms with Gasteiger partial charge >= 0.3 is 5.97 Å². The summed E-state index contributed by atoms with van der Waals surface area (Å²) in [5.74, 6) is -1.16. The van der Waals surface area contributed by atoms with Crippen LogP contribution in [0.5, 0.6) is 0 Å². The van der Waals surface area contributed by atoms with Crippen LogP contribution < -0.4 is 5.32 Å². The molecular formula is C25H20N2O4S. The van der Waals surface area contributed by atoms with Gasteiger partial charge in [0.15, 0.2) is 5.78 Å². The molecule has 0 atom stereocenters. The van der Waals surface area contributed by atoms with E-state index in [1.54, 1.807) is 31.2 Å². The predicted octanol–water partition coefficient (Wildman–Crippen LogP) is 4.72. The van der Waals surface area contributed by atoms with Crippen LogP contribution in [0.2, 0.25) is 0 Å². The summed E-state index contributed by atoms with van der Waals surface area (Å²) in [6.07, 6.45) is 0.146. The number of aromatic nitrogens is 1. The van der Waals surface area contributed by atoms with Crippen LogP contribution in [0.3, 0.4) is 0 Å². The molecule has 3 aromatic carbocycles. The van der Waals surface area contributed by atoms with Crippen LogP contribution in [0.15, 0.2) is 66.7 Å². The number of carbonyl (C=O) groups is 3. The van der Waals surface area contributed by atoms with Crippen molar-refractivity contribution in [3.63, 3.8) is 0 Å². The quantitative estimate of drug-likeness (QED) is 0.402. The molecule has 0 fully saturated rings. The number of aromatic carboxylic acids is 1. The molecular weight excluding hydrogens is 424 g/mol. The highest BCUT2D eigenvalue weighted by molar-refractivity contribution is 7.18. The smallest absolute Gasteiger partial charge is 0.335 e. The number of Topliss-reactive ketones (excluding diaryl/α,β-unsaturated/α-hetero) is 1. The number of fused-ring (bicyclic) bond motifs is 1. The fourth-order valence-corrected chi connectivity index (χ4v) is 4.37. The first-order valence-electron chi connectivity index (χ1n) is 9.99. The summed E-state index contributed by atoms with van der Waals surface area (Å²) in [5, 5.41) is 12.6. The van der Waals surface area contributed by atoms with Crippen molar-refractivity contribution in [2.45, 2.75) is 19.9 Å². The lowest BCUT2D eigenvalue weighted by Gasteiger charge is -2.05. The molecule has 0 spiro atoms. The van der Waals surface area contributed by atoms with E-state index < -0.39 is 5.97 Å². The Balaban J connectivity index is 1.45. The summed E-state index contributed by atoms with van der Waals surface area (Å²) in [7, 11) is 0. The number of rotatable bonds is 7. The number of carboxylic acids is 1. The van der Waals surface area contributed by atoms with E-state index in [0.717, 1.165) is 26.9 Å². The maximum absolute atomic E-state index is 12.4. The lowest BCUT2D eigenvalue weighted by molar-refractivity contribution is -0.120. The van der Waals surface area contributed by atoms with E-state index in [1.165, 1.54) is 17.4 Å². The van der Waals surface area contributed by atoms with Gasteiger partial charge in [0.05, 0.1) is 22.2 Å². The lowest BCUT2D eigenvalue weighted by atomic mass is 10.0. The molecule has 0 aliphatic carbocycles. The minimum atomic E-state index is -1.000. The van der Waals surface area contributed by atoms with Crippen LogP contribution in [0.25, 0.3) is 21.3 Å². The van der Waals surface area contributed by atoms with Crippen LogP contribution in [0.4, 0.5) is 0 Å². The molecule has 4 rings (SSSR count). The molecule has 0 bridgehead atoms. The zero-order chi connectivity index (χ0) is 22.7. The summed E-state index contributed by atoms with van der Waals surface area (Å²) in [4.78, 5) is 39.7. The first-order valence-corrected chi connectivity index (χ1v) is 10.8. The highest BCUT2D eigenvalue weighted by Crippen LogP contribution is 2.29. The summed E-state index contributed by atoms with van der Waals surface area (Å²) in [6.45, 7) is 1.80. The Morgan fingerprint density at radius 2 is 1.69 bits per heavy atom. The Morgan fingerprint density at radius 3 is 2.47 bits per heavy atom. The Labute approximate surface area is 188 Å². The second-order valence-corrected chi connectivity index (χ2v) is 8.50. The van der Waals surface area contributed by atoms with Crippen LogP contribution in [-0.2, 0) is 17.8 Å². The van der Waals surface area contributed by atoms with Gasteiger partial charge in [-0.2, -0.15) is 0 Å². The molecule has 1 heterocycles. The fourth-order valence-electron chi connectivity index (χ4n) is 3.36. The summed E-state index contributed by atoms with van der Waals surface area (Å²) < 4.78 is 0.965. The average molecular weight is 445 g/mol. The van der Waals surface area contributed by atoms with Crippen molar-refractivity contribution in [2.24, 2.45) is 0 Å². The van der Waals surface area contributed by atoms with Crippen molar-refractivity contribution in [1.82, 2.24) is 10.3 Å². The molecule has 0 saturated carbocycles. The van der Waals surface area contributed by atoms with Gasteiger partial charge < -0.3 is 10.4 Å². The predicted molar refractivity (Wildman–Crippen MR) is 124 cm³/mol. The first-order chi connectivity index (χ1) is 15.4. The lowest BCUT2D eigenvalue weighted by Crippen LogP contribution is -2.24. The molecule has 6 nitrogen and oxygen atoms in total. The number of amides is 1. The van der Waals surface area contributed by atoms with Gasteiger partial charge in [-0.1, -0.05) is 36.4 Å². The second kappa shape index (κ2) is 9.11. The zero-order valence-electron chi connectivity index (χ0n) is 17.3. The minimum absolute atomic E-state index is 0.0219. The number of hydrogen-bond acceptors (Lipinski definition) is 5. The van der Waals surface area contributed by atoms with E-state index in [9.17, 15) is 14.4 Å². The number of nitrogens with one attached hydrogen (secondary N) is 1. The molecule has 0 unspecified atom stereocenters. The molecule has 160 valence electrons. The van der Waals surface area contributed by atoms with Gasteiger partial charge in [-0.05, 0) is 53.9 Å². The molecule has 0 radical (unpaired) electrons. The van der Waals surface area contributed by atoms with Gasteiger partial charge in [0.1, 0.15) is 5.01 Å². The summed E-state index contributed by atoms with van der Waals surface area (Å²) in [5.41, 5.74) is 4.33.